The van der Waals surface area contributed by atoms with Crippen molar-refractivity contribution >= 4 is 0 Å². The molecular formula is C15H21F3N2. The van der Waals surface area contributed by atoms with Gasteiger partial charge in [0.1, 0.15) is 5.82 Å². The van der Waals surface area contributed by atoms with Crippen LogP contribution < -0.4 is 5.32 Å². The summed E-state index contributed by atoms with van der Waals surface area (Å²) in [6.45, 7) is 7.45. The Morgan fingerprint density at radius 1 is 1.20 bits per heavy atom. The quantitative estimate of drug-likeness (QED) is 0.837. The predicted molar refractivity (Wildman–Crippen MR) is 72.8 cm³/mol. The van der Waals surface area contributed by atoms with E-state index in [1.807, 2.05) is 0 Å². The van der Waals surface area contributed by atoms with Crippen molar-refractivity contribution in [3.05, 3.63) is 35.1 Å². The van der Waals surface area contributed by atoms with Crippen LogP contribution in [0, 0.1) is 23.4 Å². The minimum atomic E-state index is -1.14. The van der Waals surface area contributed by atoms with Gasteiger partial charge in [-0.25, -0.2) is 13.2 Å². The number of nitrogens with zero attached hydrogens (tertiary/aromatic N) is 1. The van der Waals surface area contributed by atoms with Crippen LogP contribution in [0.15, 0.2) is 12.1 Å². The molecule has 0 aliphatic carbocycles. The van der Waals surface area contributed by atoms with Gasteiger partial charge in [-0.2, -0.15) is 0 Å². The molecule has 0 saturated carbocycles. The monoisotopic (exact) mass is 286 g/mol. The van der Waals surface area contributed by atoms with Crippen molar-refractivity contribution in [2.45, 2.75) is 32.9 Å². The molecule has 0 spiro atoms. The number of nitrogens with one attached hydrogen (secondary N) is 1. The first-order valence-electron chi connectivity index (χ1n) is 7.05. The molecule has 0 bridgehead atoms. The summed E-state index contributed by atoms with van der Waals surface area (Å²) in [7, 11) is 0. The van der Waals surface area contributed by atoms with Crippen LogP contribution in [-0.2, 0) is 6.54 Å². The van der Waals surface area contributed by atoms with Gasteiger partial charge in [0.25, 0.3) is 0 Å². The molecule has 1 aromatic rings. The Morgan fingerprint density at radius 2 is 1.90 bits per heavy atom. The topological polar surface area (TPSA) is 15.3 Å². The number of hydrogen-bond donors (Lipinski definition) is 1. The van der Waals surface area contributed by atoms with Crippen molar-refractivity contribution < 1.29 is 13.2 Å². The zero-order valence-corrected chi connectivity index (χ0v) is 11.9. The molecule has 1 aromatic carbocycles. The molecule has 2 nitrogen and oxygen atoms in total. The molecule has 1 atom stereocenters. The van der Waals surface area contributed by atoms with Crippen LogP contribution in [0.25, 0.3) is 0 Å². The number of halogens is 3. The van der Waals surface area contributed by atoms with E-state index >= 15 is 0 Å². The summed E-state index contributed by atoms with van der Waals surface area (Å²) in [5, 5.41) is 3.13. The maximum atomic E-state index is 13.4. The van der Waals surface area contributed by atoms with Gasteiger partial charge in [0.2, 0.25) is 0 Å². The van der Waals surface area contributed by atoms with Crippen molar-refractivity contribution in [3.63, 3.8) is 0 Å². The van der Waals surface area contributed by atoms with E-state index in [4.69, 9.17) is 0 Å². The molecule has 5 heteroatoms. The number of likely N-dealkylation sites (tertiary alicyclic amines) is 1. The van der Waals surface area contributed by atoms with E-state index < -0.39 is 17.5 Å². The van der Waals surface area contributed by atoms with E-state index in [1.54, 1.807) is 0 Å². The van der Waals surface area contributed by atoms with Gasteiger partial charge in [0.05, 0.1) is 0 Å². The molecule has 1 N–H and O–H groups in total. The summed E-state index contributed by atoms with van der Waals surface area (Å²) in [5.74, 6) is -2.32. The maximum absolute atomic E-state index is 13.4. The molecule has 1 aliphatic rings. The summed E-state index contributed by atoms with van der Waals surface area (Å²) < 4.78 is 39.3. The van der Waals surface area contributed by atoms with E-state index in [1.165, 1.54) is 0 Å². The highest BCUT2D eigenvalue weighted by molar-refractivity contribution is 5.19. The highest BCUT2D eigenvalue weighted by Crippen LogP contribution is 2.18. The lowest BCUT2D eigenvalue weighted by Gasteiger charge is -2.20. The van der Waals surface area contributed by atoms with Gasteiger partial charge in [-0.05, 0) is 45.3 Å². The smallest absolute Gasteiger partial charge is 0.161 e. The third-order valence-corrected chi connectivity index (χ3v) is 3.89. The second-order valence-corrected chi connectivity index (χ2v) is 5.73. The normalized spacial score (nSPS) is 20.0. The molecular weight excluding hydrogens is 265 g/mol. The minimum Gasteiger partial charge on any atom is -0.312 e. The molecule has 2 rings (SSSR count). The van der Waals surface area contributed by atoms with Crippen LogP contribution in [0.5, 0.6) is 0 Å². The zero-order chi connectivity index (χ0) is 14.7. The Kier molecular flexibility index (Phi) is 5.05. The van der Waals surface area contributed by atoms with E-state index in [2.05, 4.69) is 24.1 Å². The Hall–Kier alpha value is -1.07. The molecule has 1 fully saturated rings. The van der Waals surface area contributed by atoms with Gasteiger partial charge in [-0.1, -0.05) is 0 Å². The van der Waals surface area contributed by atoms with E-state index in [9.17, 15) is 13.2 Å². The highest BCUT2D eigenvalue weighted by Gasteiger charge is 2.23. The first-order chi connectivity index (χ1) is 9.47. The van der Waals surface area contributed by atoms with Crippen molar-refractivity contribution in [3.8, 4) is 0 Å². The fourth-order valence-electron chi connectivity index (χ4n) is 2.61. The fraction of sp³-hybridized carbons (Fsp3) is 0.600. The third-order valence-electron chi connectivity index (χ3n) is 3.89. The Balaban J connectivity index is 1.81. The SMILES string of the molecule is CC(C)N1CCC(CNCc2cc(F)c(F)cc2F)C1. The van der Waals surface area contributed by atoms with Gasteiger partial charge in [-0.3, -0.25) is 0 Å². The summed E-state index contributed by atoms with van der Waals surface area (Å²) in [6, 6.07) is 2.07. The van der Waals surface area contributed by atoms with Crippen molar-refractivity contribution in [2.75, 3.05) is 19.6 Å². The molecule has 1 heterocycles. The number of benzene rings is 1. The molecule has 0 aromatic heterocycles. The van der Waals surface area contributed by atoms with E-state index in [-0.39, 0.29) is 12.1 Å². The van der Waals surface area contributed by atoms with Crippen molar-refractivity contribution in [1.82, 2.24) is 10.2 Å². The first-order valence-corrected chi connectivity index (χ1v) is 7.05. The average molecular weight is 286 g/mol. The summed E-state index contributed by atoms with van der Waals surface area (Å²) in [6.07, 6.45) is 1.12. The van der Waals surface area contributed by atoms with Crippen LogP contribution in [0.2, 0.25) is 0 Å². The van der Waals surface area contributed by atoms with Gasteiger partial charge >= 0.3 is 0 Å². The van der Waals surface area contributed by atoms with Gasteiger partial charge in [-0.15, -0.1) is 0 Å². The first kappa shape index (κ1) is 15.3. The van der Waals surface area contributed by atoms with Crippen molar-refractivity contribution in [1.29, 1.82) is 0 Å². The predicted octanol–water partition coefficient (Wildman–Crippen LogP) is 2.92. The second kappa shape index (κ2) is 6.59. The standard InChI is InChI=1S/C15H21F3N2/c1-10(2)20-4-3-11(9-20)7-19-8-12-5-14(17)15(18)6-13(12)16/h5-6,10-11,19H,3-4,7-9H2,1-2H3. The molecule has 20 heavy (non-hydrogen) atoms. The maximum Gasteiger partial charge on any atom is 0.161 e. The molecule has 0 radical (unpaired) electrons. The van der Waals surface area contributed by atoms with Gasteiger partial charge < -0.3 is 10.2 Å². The number of rotatable bonds is 5. The van der Waals surface area contributed by atoms with Crippen molar-refractivity contribution in [2.24, 2.45) is 5.92 Å². The fourth-order valence-corrected chi connectivity index (χ4v) is 2.61. The van der Waals surface area contributed by atoms with Crippen LogP contribution in [-0.4, -0.2) is 30.6 Å². The Bertz CT molecular complexity index is 463. The lowest BCUT2D eigenvalue weighted by Crippen LogP contribution is -2.30. The lowest BCUT2D eigenvalue weighted by molar-refractivity contribution is 0.264. The summed E-state index contributed by atoms with van der Waals surface area (Å²) >= 11 is 0. The average Bonchev–Trinajstić information content (AvgIpc) is 2.84. The largest absolute Gasteiger partial charge is 0.312 e. The second-order valence-electron chi connectivity index (χ2n) is 5.73. The zero-order valence-electron chi connectivity index (χ0n) is 11.9. The molecule has 0 amide bonds. The Morgan fingerprint density at radius 3 is 2.55 bits per heavy atom. The third kappa shape index (κ3) is 3.73. The molecule has 112 valence electrons. The van der Waals surface area contributed by atoms with Crippen LogP contribution in [0.4, 0.5) is 13.2 Å². The van der Waals surface area contributed by atoms with Crippen LogP contribution >= 0.6 is 0 Å². The lowest BCUT2D eigenvalue weighted by atomic mass is 10.1. The van der Waals surface area contributed by atoms with Crippen LogP contribution in [0.1, 0.15) is 25.8 Å². The minimum absolute atomic E-state index is 0.169. The molecule has 1 aliphatic heterocycles. The van der Waals surface area contributed by atoms with Gasteiger partial charge in [0, 0.05) is 30.8 Å². The molecule has 1 saturated heterocycles. The van der Waals surface area contributed by atoms with E-state index in [0.717, 1.165) is 32.1 Å². The van der Waals surface area contributed by atoms with Crippen LogP contribution in [0.3, 0.4) is 0 Å². The number of hydrogen-bond acceptors (Lipinski definition) is 2. The van der Waals surface area contributed by atoms with Gasteiger partial charge in [0.15, 0.2) is 11.6 Å². The summed E-state index contributed by atoms with van der Waals surface area (Å²) in [5.41, 5.74) is 0.169. The Labute approximate surface area is 118 Å². The molecule has 1 unspecified atom stereocenters. The highest BCUT2D eigenvalue weighted by atomic mass is 19.2. The van der Waals surface area contributed by atoms with E-state index in [0.29, 0.717) is 18.0 Å². The summed E-state index contributed by atoms with van der Waals surface area (Å²) in [4.78, 5) is 2.41.